The quantitative estimate of drug-likeness (QED) is 0.0758. The molecule has 0 saturated heterocycles. The van der Waals surface area contributed by atoms with E-state index in [1.165, 1.54) is 163 Å². The monoisotopic (exact) mass is 640 g/mol. The third-order valence-electron chi connectivity index (χ3n) is 8.34. The van der Waals surface area contributed by atoms with Crippen LogP contribution in [0.1, 0.15) is 162 Å². The van der Waals surface area contributed by atoms with Gasteiger partial charge in [0, 0.05) is 0 Å². The van der Waals surface area contributed by atoms with Crippen LogP contribution in [0.4, 0.5) is 0 Å². The molecule has 0 aliphatic carbocycles. The van der Waals surface area contributed by atoms with Gasteiger partial charge in [-0.05, 0) is 32.1 Å². The molecule has 0 atom stereocenters. The fourth-order valence-electron chi connectivity index (χ4n) is 6.11. The average Bonchev–Trinajstić information content (AvgIpc) is 2.79. The van der Waals surface area contributed by atoms with Crippen LogP contribution in [0.15, 0.2) is 0 Å². The van der Waals surface area contributed by atoms with E-state index >= 15 is 0 Å². The van der Waals surface area contributed by atoms with Crippen molar-refractivity contribution in [3.05, 3.63) is 0 Å². The minimum absolute atomic E-state index is 0. The topological polar surface area (TPSA) is 0 Å². The Labute approximate surface area is 251 Å². The summed E-state index contributed by atoms with van der Waals surface area (Å²) in [6.45, 7) is 9.70. The molecule has 0 aromatic carbocycles. The zero-order chi connectivity index (χ0) is 25.5. The molecule has 0 amide bonds. The fourth-order valence-corrected chi connectivity index (χ4v) is 6.11. The molecule has 0 bridgehead atoms. The number of rotatable bonds is 26. The molecule has 36 heavy (non-hydrogen) atoms. The highest BCUT2D eigenvalue weighted by atomic mass is 79.9. The molecule has 0 spiro atoms. The highest BCUT2D eigenvalue weighted by molar-refractivity contribution is 4.53. The van der Waals surface area contributed by atoms with Gasteiger partial charge in [-0.1, -0.05) is 124 Å². The molecule has 0 aromatic heterocycles. The first-order valence-corrected chi connectivity index (χ1v) is 16.0. The maximum atomic E-state index is 2.52. The van der Waals surface area contributed by atoms with Crippen LogP contribution in [0, 0.1) is 0 Å². The molecule has 0 saturated carbocycles. The molecule has 0 aliphatic heterocycles. The summed E-state index contributed by atoms with van der Waals surface area (Å²) >= 11 is 0. The summed E-state index contributed by atoms with van der Waals surface area (Å²) in [5.41, 5.74) is 0. The van der Waals surface area contributed by atoms with Crippen molar-refractivity contribution < 1.29 is 42.9 Å². The van der Waals surface area contributed by atoms with Crippen molar-refractivity contribution in [3.63, 3.8) is 0 Å². The standard InChI is InChI=1S/C32H70N2.2BrH/c1-8-11-13-15-17-19-21-23-25-27-30-33(4,5)32(29-10-3)34(6,7)31-28-26-24-22-20-18-16-14-12-9-2;;/h32H,8-31H2,1-7H3;2*1H/q+2;;/p-2. The summed E-state index contributed by atoms with van der Waals surface area (Å²) in [6.07, 6.45) is 32.1. The molecule has 0 N–H and O–H groups in total. The summed E-state index contributed by atoms with van der Waals surface area (Å²) < 4.78 is 2.41. The van der Waals surface area contributed by atoms with Gasteiger partial charge in [-0.15, -0.1) is 0 Å². The molecule has 4 heteroatoms. The van der Waals surface area contributed by atoms with E-state index in [1.54, 1.807) is 0 Å². The van der Waals surface area contributed by atoms with Crippen LogP contribution in [-0.4, -0.2) is 56.4 Å². The molecular weight excluding hydrogens is 572 g/mol. The van der Waals surface area contributed by atoms with Crippen molar-refractivity contribution in [2.75, 3.05) is 41.3 Å². The lowest BCUT2D eigenvalue weighted by Gasteiger charge is -2.47. The van der Waals surface area contributed by atoms with E-state index in [-0.39, 0.29) is 34.0 Å². The summed E-state index contributed by atoms with van der Waals surface area (Å²) in [5.74, 6) is 0. The Balaban J connectivity index is -0.00000544. The largest absolute Gasteiger partial charge is 1.00 e. The highest BCUT2D eigenvalue weighted by Crippen LogP contribution is 2.24. The van der Waals surface area contributed by atoms with Crippen LogP contribution in [0.2, 0.25) is 0 Å². The SMILES string of the molecule is CCCCCCCCCCCC[N+](C)(C)C(CCC)[N+](C)(C)CCCCCCCCCCCC.[Br-].[Br-]. The zero-order valence-corrected chi connectivity index (χ0v) is 29.4. The molecule has 0 aliphatic rings. The van der Waals surface area contributed by atoms with E-state index in [0.717, 1.165) is 6.17 Å². The Hall–Kier alpha value is 0.880. The van der Waals surface area contributed by atoms with Gasteiger partial charge in [0.05, 0.1) is 47.7 Å². The molecule has 0 rings (SSSR count). The van der Waals surface area contributed by atoms with Crippen molar-refractivity contribution in [3.8, 4) is 0 Å². The Morgan fingerprint density at radius 3 is 0.861 bits per heavy atom. The molecule has 0 heterocycles. The number of quaternary nitrogens is 2. The van der Waals surface area contributed by atoms with E-state index in [4.69, 9.17) is 0 Å². The number of hydrogen-bond donors (Lipinski definition) is 0. The number of halogens is 2. The smallest absolute Gasteiger partial charge is 0.215 e. The molecule has 0 aromatic rings. The lowest BCUT2D eigenvalue weighted by molar-refractivity contribution is -1.10. The Morgan fingerprint density at radius 1 is 0.361 bits per heavy atom. The minimum atomic E-state index is 0. The molecule has 0 unspecified atom stereocenters. The summed E-state index contributed by atoms with van der Waals surface area (Å²) in [5, 5.41) is 0. The summed E-state index contributed by atoms with van der Waals surface area (Å²) in [7, 11) is 10.1. The predicted octanol–water partition coefficient (Wildman–Crippen LogP) is 4.12. The average molecular weight is 643 g/mol. The first kappa shape index (κ1) is 41.4. The van der Waals surface area contributed by atoms with Crippen LogP contribution in [0.3, 0.4) is 0 Å². The van der Waals surface area contributed by atoms with Crippen molar-refractivity contribution in [1.29, 1.82) is 0 Å². The second-order valence-electron chi connectivity index (χ2n) is 12.6. The highest BCUT2D eigenvalue weighted by Gasteiger charge is 2.39. The van der Waals surface area contributed by atoms with Crippen LogP contribution in [0.5, 0.6) is 0 Å². The minimum Gasteiger partial charge on any atom is -1.00 e. The fraction of sp³-hybridized carbons (Fsp3) is 1.00. The maximum absolute atomic E-state index is 2.52. The van der Waals surface area contributed by atoms with Crippen molar-refractivity contribution in [1.82, 2.24) is 0 Å². The predicted molar refractivity (Wildman–Crippen MR) is 156 cm³/mol. The van der Waals surface area contributed by atoms with Crippen molar-refractivity contribution >= 4 is 0 Å². The van der Waals surface area contributed by atoms with Gasteiger partial charge in [0.2, 0.25) is 6.17 Å². The van der Waals surface area contributed by atoms with Crippen molar-refractivity contribution in [2.24, 2.45) is 0 Å². The molecule has 2 nitrogen and oxygen atoms in total. The van der Waals surface area contributed by atoms with E-state index in [0.29, 0.717) is 0 Å². The van der Waals surface area contributed by atoms with Crippen LogP contribution in [0.25, 0.3) is 0 Å². The lowest BCUT2D eigenvalue weighted by Crippen LogP contribution is -3.00. The molecule has 0 radical (unpaired) electrons. The Kier molecular flexibility index (Phi) is 31.5. The second kappa shape index (κ2) is 27.4. The van der Waals surface area contributed by atoms with Gasteiger partial charge >= 0.3 is 0 Å². The summed E-state index contributed by atoms with van der Waals surface area (Å²) in [4.78, 5) is 0. The first-order valence-electron chi connectivity index (χ1n) is 16.0. The molecule has 0 fully saturated rings. The third-order valence-corrected chi connectivity index (χ3v) is 8.34. The van der Waals surface area contributed by atoms with Crippen LogP contribution in [-0.2, 0) is 0 Å². The van der Waals surface area contributed by atoms with E-state index in [1.807, 2.05) is 0 Å². The first-order chi connectivity index (χ1) is 16.3. The van der Waals surface area contributed by atoms with Gasteiger partial charge in [-0.2, -0.15) is 0 Å². The van der Waals surface area contributed by atoms with Gasteiger partial charge < -0.3 is 34.0 Å². The Morgan fingerprint density at radius 2 is 0.611 bits per heavy atom. The van der Waals surface area contributed by atoms with Gasteiger partial charge in [0.1, 0.15) is 0 Å². The van der Waals surface area contributed by atoms with Crippen LogP contribution < -0.4 is 34.0 Å². The second-order valence-corrected chi connectivity index (χ2v) is 12.6. The normalized spacial score (nSPS) is 12.0. The number of hydrogen-bond acceptors (Lipinski definition) is 0. The van der Waals surface area contributed by atoms with Gasteiger partial charge in [0.15, 0.2) is 0 Å². The number of nitrogens with zero attached hydrogens (tertiary/aromatic N) is 2. The molecule has 222 valence electrons. The van der Waals surface area contributed by atoms with E-state index in [2.05, 4.69) is 49.0 Å². The maximum Gasteiger partial charge on any atom is 0.215 e. The summed E-state index contributed by atoms with van der Waals surface area (Å²) in [6, 6.07) is 0. The number of unbranched alkanes of at least 4 members (excludes halogenated alkanes) is 18. The van der Waals surface area contributed by atoms with Gasteiger partial charge in [-0.3, -0.25) is 8.97 Å². The third kappa shape index (κ3) is 22.8. The van der Waals surface area contributed by atoms with E-state index < -0.39 is 0 Å². The van der Waals surface area contributed by atoms with Crippen LogP contribution >= 0.6 is 0 Å². The van der Waals surface area contributed by atoms with Gasteiger partial charge in [-0.25, -0.2) is 0 Å². The van der Waals surface area contributed by atoms with Gasteiger partial charge in [0.25, 0.3) is 0 Å². The molecular formula is C32H70Br2N2. The lowest BCUT2D eigenvalue weighted by atomic mass is 10.0. The van der Waals surface area contributed by atoms with Crippen molar-refractivity contribution in [2.45, 2.75) is 168 Å². The zero-order valence-electron chi connectivity index (χ0n) is 26.2. The van der Waals surface area contributed by atoms with E-state index in [9.17, 15) is 0 Å². The Bertz CT molecular complexity index is 390.